The van der Waals surface area contributed by atoms with Crippen molar-refractivity contribution in [1.29, 1.82) is 5.26 Å². The van der Waals surface area contributed by atoms with Crippen molar-refractivity contribution >= 4 is 11.8 Å². The number of aromatic nitrogens is 1. The molecule has 0 bridgehead atoms. The summed E-state index contributed by atoms with van der Waals surface area (Å²) in [4.78, 5) is 31.5. The summed E-state index contributed by atoms with van der Waals surface area (Å²) >= 11 is 0. The van der Waals surface area contributed by atoms with Crippen LogP contribution in [0.1, 0.15) is 35.3 Å². The van der Waals surface area contributed by atoms with E-state index in [2.05, 4.69) is 15.2 Å². The van der Waals surface area contributed by atoms with Crippen LogP contribution in [0, 0.1) is 11.3 Å². The van der Waals surface area contributed by atoms with Crippen LogP contribution in [0.15, 0.2) is 12.3 Å². The predicted molar refractivity (Wildman–Crippen MR) is 94.4 cm³/mol. The Hall–Kier alpha value is -2.37. The van der Waals surface area contributed by atoms with Gasteiger partial charge in [-0.1, -0.05) is 0 Å². The first-order valence-electron chi connectivity index (χ1n) is 9.02. The molecule has 0 aromatic carbocycles. The molecule has 8 nitrogen and oxygen atoms in total. The van der Waals surface area contributed by atoms with Gasteiger partial charge in [0.25, 0.3) is 5.91 Å². The van der Waals surface area contributed by atoms with Gasteiger partial charge in [-0.2, -0.15) is 5.26 Å². The molecule has 2 atom stereocenters. The second-order valence-corrected chi connectivity index (χ2v) is 6.87. The molecule has 2 saturated heterocycles. The number of ether oxygens (including phenoxy) is 1. The van der Waals surface area contributed by atoms with Gasteiger partial charge < -0.3 is 19.9 Å². The third kappa shape index (κ3) is 4.23. The molecule has 2 amide bonds. The zero-order valence-electron chi connectivity index (χ0n) is 15.0. The van der Waals surface area contributed by atoms with E-state index in [-0.39, 0.29) is 23.9 Å². The lowest BCUT2D eigenvalue weighted by molar-refractivity contribution is -0.136. The number of amides is 2. The molecule has 0 spiro atoms. The topological polar surface area (TPSA) is 101 Å². The highest BCUT2D eigenvalue weighted by Gasteiger charge is 2.33. The minimum absolute atomic E-state index is 0.185. The van der Waals surface area contributed by atoms with Crippen LogP contribution in [-0.2, 0) is 9.53 Å². The summed E-state index contributed by atoms with van der Waals surface area (Å²) in [6.07, 6.45) is 3.94. The molecule has 3 rings (SSSR count). The van der Waals surface area contributed by atoms with Gasteiger partial charge >= 0.3 is 0 Å². The van der Waals surface area contributed by atoms with Crippen molar-refractivity contribution in [2.75, 3.05) is 39.9 Å². The number of likely N-dealkylation sites (N-methyl/N-ethyl adjacent to an activating group) is 1. The van der Waals surface area contributed by atoms with Gasteiger partial charge in [0.2, 0.25) is 5.91 Å². The molecule has 2 aliphatic rings. The number of nitrogens with one attached hydrogen (secondary N) is 2. The zero-order valence-corrected chi connectivity index (χ0v) is 15.0. The second kappa shape index (κ2) is 8.34. The van der Waals surface area contributed by atoms with Crippen LogP contribution < -0.4 is 5.32 Å². The average Bonchev–Trinajstić information content (AvgIpc) is 3.28. The molecule has 0 saturated carbocycles. The minimum Gasteiger partial charge on any atom is -0.378 e. The van der Waals surface area contributed by atoms with Crippen molar-refractivity contribution in [3.63, 3.8) is 0 Å². The van der Waals surface area contributed by atoms with Crippen molar-refractivity contribution in [2.24, 2.45) is 0 Å². The van der Waals surface area contributed by atoms with Crippen LogP contribution >= 0.6 is 0 Å². The van der Waals surface area contributed by atoms with E-state index in [9.17, 15) is 9.59 Å². The highest BCUT2D eigenvalue weighted by atomic mass is 16.5. The first-order valence-corrected chi connectivity index (χ1v) is 9.02. The molecule has 140 valence electrons. The summed E-state index contributed by atoms with van der Waals surface area (Å²) in [7, 11) is 2.02. The van der Waals surface area contributed by atoms with Crippen LogP contribution in [0.2, 0.25) is 0 Å². The fraction of sp³-hybridized carbons (Fsp3) is 0.611. The fourth-order valence-electron chi connectivity index (χ4n) is 3.62. The van der Waals surface area contributed by atoms with Crippen molar-refractivity contribution in [3.05, 3.63) is 23.5 Å². The Labute approximate surface area is 153 Å². The molecule has 26 heavy (non-hydrogen) atoms. The number of likely N-dealkylation sites (tertiary alicyclic amines) is 1. The number of carbonyl (C=O) groups is 2. The highest BCUT2D eigenvalue weighted by molar-refractivity contribution is 5.92. The summed E-state index contributed by atoms with van der Waals surface area (Å²) in [5.41, 5.74) is 0.830. The number of H-pyrrole nitrogens is 1. The lowest BCUT2D eigenvalue weighted by atomic mass is 10.1. The maximum Gasteiger partial charge on any atom is 0.267 e. The van der Waals surface area contributed by atoms with Crippen molar-refractivity contribution in [3.8, 4) is 6.07 Å². The number of aromatic amines is 1. The van der Waals surface area contributed by atoms with Gasteiger partial charge in [-0.3, -0.25) is 14.5 Å². The molecule has 1 aromatic rings. The van der Waals surface area contributed by atoms with Gasteiger partial charge in [-0.15, -0.1) is 0 Å². The third-order valence-electron chi connectivity index (χ3n) is 5.31. The maximum absolute atomic E-state index is 12.4. The van der Waals surface area contributed by atoms with Crippen molar-refractivity contribution in [2.45, 2.75) is 31.3 Å². The Morgan fingerprint density at radius 1 is 1.35 bits per heavy atom. The van der Waals surface area contributed by atoms with Crippen LogP contribution in [0.25, 0.3) is 0 Å². The van der Waals surface area contributed by atoms with E-state index >= 15 is 0 Å². The van der Waals surface area contributed by atoms with Crippen LogP contribution in [0.4, 0.5) is 0 Å². The van der Waals surface area contributed by atoms with E-state index in [4.69, 9.17) is 10.00 Å². The SMILES string of the molecule is CN1[C@@H](CC(=O)N2CCOCC2)CC[C@H]1CNC(=O)c1cc(C#N)c[nH]1. The number of hydrogen-bond acceptors (Lipinski definition) is 5. The van der Waals surface area contributed by atoms with E-state index in [1.807, 2.05) is 18.0 Å². The monoisotopic (exact) mass is 359 g/mol. The van der Waals surface area contributed by atoms with Crippen molar-refractivity contribution in [1.82, 2.24) is 20.1 Å². The molecule has 0 aliphatic carbocycles. The average molecular weight is 359 g/mol. The second-order valence-electron chi connectivity index (χ2n) is 6.87. The number of rotatable bonds is 5. The van der Waals surface area contributed by atoms with E-state index in [0.717, 1.165) is 12.8 Å². The number of morpholine rings is 1. The normalized spacial score (nSPS) is 23.6. The van der Waals surface area contributed by atoms with Gasteiger partial charge in [0.15, 0.2) is 0 Å². The van der Waals surface area contributed by atoms with E-state index < -0.39 is 0 Å². The predicted octanol–water partition coefficient (Wildman–Crippen LogP) is 0.328. The third-order valence-corrected chi connectivity index (χ3v) is 5.31. The Morgan fingerprint density at radius 2 is 2.08 bits per heavy atom. The lowest BCUT2D eigenvalue weighted by Gasteiger charge is -2.30. The fourth-order valence-corrected chi connectivity index (χ4v) is 3.62. The minimum atomic E-state index is -0.215. The summed E-state index contributed by atoms with van der Waals surface area (Å²) < 4.78 is 5.29. The summed E-state index contributed by atoms with van der Waals surface area (Å²) in [6.45, 7) is 3.12. The zero-order chi connectivity index (χ0) is 18.5. The molecular weight excluding hydrogens is 334 g/mol. The molecular formula is C18H25N5O3. The first kappa shape index (κ1) is 18.4. The number of hydrogen-bond donors (Lipinski definition) is 2. The Balaban J connectivity index is 1.46. The molecule has 0 unspecified atom stereocenters. The lowest BCUT2D eigenvalue weighted by Crippen LogP contribution is -2.45. The maximum atomic E-state index is 12.4. The van der Waals surface area contributed by atoms with Crippen LogP contribution in [0.3, 0.4) is 0 Å². The highest BCUT2D eigenvalue weighted by Crippen LogP contribution is 2.25. The van der Waals surface area contributed by atoms with Crippen molar-refractivity contribution < 1.29 is 14.3 Å². The Kier molecular flexibility index (Phi) is 5.91. The Morgan fingerprint density at radius 3 is 2.77 bits per heavy atom. The summed E-state index contributed by atoms with van der Waals surface area (Å²) in [5.74, 6) is -0.0296. The Bertz CT molecular complexity index is 689. The van der Waals surface area contributed by atoms with E-state index in [1.165, 1.54) is 12.3 Å². The quantitative estimate of drug-likeness (QED) is 0.789. The number of nitriles is 1. The molecule has 3 heterocycles. The van der Waals surface area contributed by atoms with E-state index in [0.29, 0.717) is 50.5 Å². The number of carbonyl (C=O) groups excluding carboxylic acids is 2. The molecule has 8 heteroatoms. The summed E-state index contributed by atoms with van der Waals surface area (Å²) in [6, 6.07) is 3.96. The summed E-state index contributed by atoms with van der Waals surface area (Å²) in [5, 5.41) is 11.7. The molecule has 2 N–H and O–H groups in total. The van der Waals surface area contributed by atoms with Gasteiger partial charge in [-0.25, -0.2) is 0 Å². The van der Waals surface area contributed by atoms with Gasteiger partial charge in [-0.05, 0) is 26.0 Å². The standard InChI is InChI=1S/C18H25N5O3/c1-22-14(9-17(24)23-4-6-26-7-5-23)2-3-15(22)12-21-18(25)16-8-13(10-19)11-20-16/h8,11,14-15,20H,2-7,9,12H2,1H3,(H,21,25)/t14-,15+/m1/s1. The molecule has 2 fully saturated rings. The van der Waals surface area contributed by atoms with Gasteiger partial charge in [0, 0.05) is 44.3 Å². The van der Waals surface area contributed by atoms with Gasteiger partial charge in [0.1, 0.15) is 11.8 Å². The smallest absolute Gasteiger partial charge is 0.267 e. The molecule has 2 aliphatic heterocycles. The molecule has 1 aromatic heterocycles. The first-order chi connectivity index (χ1) is 12.6. The largest absolute Gasteiger partial charge is 0.378 e. The van der Waals surface area contributed by atoms with Crippen LogP contribution in [-0.4, -0.2) is 78.6 Å². The molecule has 0 radical (unpaired) electrons. The van der Waals surface area contributed by atoms with Gasteiger partial charge in [0.05, 0.1) is 18.8 Å². The van der Waals surface area contributed by atoms with Crippen LogP contribution in [0.5, 0.6) is 0 Å². The number of nitrogens with zero attached hydrogens (tertiary/aromatic N) is 3. The van der Waals surface area contributed by atoms with E-state index in [1.54, 1.807) is 0 Å².